The average Bonchev–Trinajstić information content (AvgIpc) is 2.82. The van der Waals surface area contributed by atoms with Gasteiger partial charge in [0.1, 0.15) is 9.88 Å². The van der Waals surface area contributed by atoms with Gasteiger partial charge in [0.05, 0.1) is 5.69 Å². The molecule has 0 unspecified atom stereocenters. The first-order valence-corrected chi connectivity index (χ1v) is 6.24. The lowest BCUT2D eigenvalue weighted by Gasteiger charge is -2.10. The summed E-state index contributed by atoms with van der Waals surface area (Å²) < 4.78 is 5.28. The van der Waals surface area contributed by atoms with E-state index in [1.165, 1.54) is 11.3 Å². The molecule has 0 radical (unpaired) electrons. The summed E-state index contributed by atoms with van der Waals surface area (Å²) in [5, 5.41) is 4.88. The Hall–Kier alpha value is -1.27. The first kappa shape index (κ1) is 12.2. The lowest BCUT2D eigenvalue weighted by Crippen LogP contribution is -2.13. The van der Waals surface area contributed by atoms with Crippen molar-refractivity contribution in [2.75, 3.05) is 0 Å². The Balaban J connectivity index is 2.40. The largest absolute Gasteiger partial charge is 0.333 e. The Morgan fingerprint density at radius 1 is 1.29 bits per heavy atom. The van der Waals surface area contributed by atoms with E-state index in [-0.39, 0.29) is 5.41 Å². The molecule has 5 nitrogen and oxygen atoms in total. The van der Waals surface area contributed by atoms with E-state index in [2.05, 4.69) is 15.1 Å². The van der Waals surface area contributed by atoms with E-state index in [0.717, 1.165) is 15.6 Å². The van der Waals surface area contributed by atoms with Crippen LogP contribution in [0.4, 0.5) is 0 Å². The van der Waals surface area contributed by atoms with Gasteiger partial charge in [-0.25, -0.2) is 4.98 Å². The number of nitrogens with zero attached hydrogens (tertiary/aromatic N) is 3. The summed E-state index contributed by atoms with van der Waals surface area (Å²) in [5.41, 5.74) is 6.34. The van der Waals surface area contributed by atoms with Gasteiger partial charge in [0.2, 0.25) is 0 Å². The summed E-state index contributed by atoms with van der Waals surface area (Å²) in [4.78, 5) is 9.67. The predicted molar refractivity (Wildman–Crippen MR) is 66.7 cm³/mol. The number of rotatable bonds is 2. The number of aromatic nitrogens is 3. The zero-order valence-electron chi connectivity index (χ0n) is 10.4. The van der Waals surface area contributed by atoms with Crippen molar-refractivity contribution in [2.45, 2.75) is 39.7 Å². The van der Waals surface area contributed by atoms with E-state index in [4.69, 9.17) is 10.3 Å². The van der Waals surface area contributed by atoms with Gasteiger partial charge in [0.25, 0.3) is 5.89 Å². The molecule has 0 aliphatic rings. The van der Waals surface area contributed by atoms with Crippen LogP contribution >= 0.6 is 11.3 Å². The van der Waals surface area contributed by atoms with Crippen molar-refractivity contribution in [1.29, 1.82) is 0 Å². The molecule has 0 aromatic carbocycles. The zero-order chi connectivity index (χ0) is 12.6. The molecular weight excluding hydrogens is 236 g/mol. The van der Waals surface area contributed by atoms with Crippen molar-refractivity contribution in [3.05, 3.63) is 16.5 Å². The molecule has 2 N–H and O–H groups in total. The van der Waals surface area contributed by atoms with Crippen LogP contribution in [0.1, 0.15) is 37.3 Å². The van der Waals surface area contributed by atoms with Crippen molar-refractivity contribution in [3.63, 3.8) is 0 Å². The van der Waals surface area contributed by atoms with Crippen LogP contribution in [-0.2, 0) is 12.0 Å². The minimum Gasteiger partial charge on any atom is -0.333 e. The van der Waals surface area contributed by atoms with Crippen LogP contribution in [0.2, 0.25) is 0 Å². The molecule has 2 rings (SSSR count). The normalized spacial score (nSPS) is 12.1. The van der Waals surface area contributed by atoms with Crippen molar-refractivity contribution >= 4 is 11.3 Å². The van der Waals surface area contributed by atoms with Crippen molar-refractivity contribution in [3.8, 4) is 10.8 Å². The highest BCUT2D eigenvalue weighted by molar-refractivity contribution is 7.15. The molecule has 0 aliphatic carbocycles. The Labute approximate surface area is 104 Å². The van der Waals surface area contributed by atoms with Crippen LogP contribution in [0.25, 0.3) is 10.8 Å². The summed E-state index contributed by atoms with van der Waals surface area (Å²) in [7, 11) is 0. The minimum atomic E-state index is -0.114. The standard InChI is InChI=1S/C11H16N4OS/c1-6-8(17-7(5-12)13-6)9-14-10(15-16-9)11(2,3)4/h5,12H2,1-4H3. The summed E-state index contributed by atoms with van der Waals surface area (Å²) in [6, 6.07) is 0. The monoisotopic (exact) mass is 252 g/mol. The second-order valence-corrected chi connectivity index (χ2v) is 5.98. The Bertz CT molecular complexity index is 524. The molecule has 17 heavy (non-hydrogen) atoms. The van der Waals surface area contributed by atoms with Gasteiger partial charge in [-0.2, -0.15) is 4.98 Å². The third-order valence-corrected chi connectivity index (χ3v) is 3.47. The molecule has 0 aliphatic heterocycles. The van der Waals surface area contributed by atoms with Gasteiger partial charge in [-0.15, -0.1) is 11.3 Å². The number of hydrogen-bond acceptors (Lipinski definition) is 6. The highest BCUT2D eigenvalue weighted by atomic mass is 32.1. The fourth-order valence-electron chi connectivity index (χ4n) is 1.36. The van der Waals surface area contributed by atoms with Crippen molar-refractivity contribution in [1.82, 2.24) is 15.1 Å². The first-order valence-electron chi connectivity index (χ1n) is 5.42. The topological polar surface area (TPSA) is 77.8 Å². The molecular formula is C11H16N4OS. The minimum absolute atomic E-state index is 0.114. The molecule has 0 saturated carbocycles. The second-order valence-electron chi connectivity index (χ2n) is 4.90. The second kappa shape index (κ2) is 4.19. The third kappa shape index (κ3) is 2.37. The maximum absolute atomic E-state index is 5.57. The zero-order valence-corrected chi connectivity index (χ0v) is 11.3. The predicted octanol–water partition coefficient (Wildman–Crippen LogP) is 2.26. The number of nitrogens with two attached hydrogens (primary N) is 1. The molecule has 0 fully saturated rings. The molecule has 0 atom stereocenters. The molecule has 2 aromatic rings. The van der Waals surface area contributed by atoms with E-state index in [0.29, 0.717) is 18.3 Å². The van der Waals surface area contributed by atoms with Crippen molar-refractivity contribution in [2.24, 2.45) is 5.73 Å². The molecule has 0 bridgehead atoms. The van der Waals surface area contributed by atoms with E-state index in [1.807, 2.05) is 27.7 Å². The maximum atomic E-state index is 5.57. The van der Waals surface area contributed by atoms with E-state index in [1.54, 1.807) is 0 Å². The summed E-state index contributed by atoms with van der Waals surface area (Å²) in [6.45, 7) is 8.50. The van der Waals surface area contributed by atoms with Gasteiger partial charge in [0, 0.05) is 12.0 Å². The smallest absolute Gasteiger partial charge is 0.269 e. The fourth-order valence-corrected chi connectivity index (χ4v) is 2.22. The SMILES string of the molecule is Cc1nc(CN)sc1-c1nc(C(C)(C)C)no1. The highest BCUT2D eigenvalue weighted by Crippen LogP contribution is 2.30. The molecule has 92 valence electrons. The molecule has 0 saturated heterocycles. The molecule has 2 heterocycles. The number of aryl methyl sites for hydroxylation is 1. The quantitative estimate of drug-likeness (QED) is 0.887. The number of thiazole rings is 1. The van der Waals surface area contributed by atoms with Crippen LogP contribution in [-0.4, -0.2) is 15.1 Å². The van der Waals surface area contributed by atoms with Gasteiger partial charge >= 0.3 is 0 Å². The van der Waals surface area contributed by atoms with E-state index < -0.39 is 0 Å². The lowest BCUT2D eigenvalue weighted by molar-refractivity contribution is 0.403. The molecule has 2 aromatic heterocycles. The summed E-state index contributed by atoms with van der Waals surface area (Å²) in [6.07, 6.45) is 0. The fraction of sp³-hybridized carbons (Fsp3) is 0.545. The Morgan fingerprint density at radius 3 is 2.47 bits per heavy atom. The molecule has 0 amide bonds. The Kier molecular flexibility index (Phi) is 3.01. The first-order chi connectivity index (χ1) is 7.91. The summed E-state index contributed by atoms with van der Waals surface area (Å²) >= 11 is 1.50. The van der Waals surface area contributed by atoms with E-state index in [9.17, 15) is 0 Å². The highest BCUT2D eigenvalue weighted by Gasteiger charge is 2.23. The van der Waals surface area contributed by atoms with Crippen LogP contribution in [0.3, 0.4) is 0 Å². The molecule has 6 heteroatoms. The lowest BCUT2D eigenvalue weighted by atomic mass is 9.96. The molecule has 0 spiro atoms. The van der Waals surface area contributed by atoms with Crippen LogP contribution < -0.4 is 5.73 Å². The number of hydrogen-bond donors (Lipinski definition) is 1. The third-order valence-electron chi connectivity index (χ3n) is 2.31. The van der Waals surface area contributed by atoms with E-state index >= 15 is 0 Å². The van der Waals surface area contributed by atoms with Gasteiger partial charge in [-0.1, -0.05) is 25.9 Å². The van der Waals surface area contributed by atoms with Crippen LogP contribution in [0.5, 0.6) is 0 Å². The summed E-state index contributed by atoms with van der Waals surface area (Å²) in [5.74, 6) is 1.24. The van der Waals surface area contributed by atoms with Crippen LogP contribution in [0, 0.1) is 6.92 Å². The average molecular weight is 252 g/mol. The van der Waals surface area contributed by atoms with Crippen LogP contribution in [0.15, 0.2) is 4.52 Å². The Morgan fingerprint density at radius 2 is 2.00 bits per heavy atom. The maximum Gasteiger partial charge on any atom is 0.269 e. The van der Waals surface area contributed by atoms with Gasteiger partial charge in [-0.3, -0.25) is 0 Å². The van der Waals surface area contributed by atoms with Gasteiger partial charge < -0.3 is 10.3 Å². The van der Waals surface area contributed by atoms with Gasteiger partial charge in [0.15, 0.2) is 5.82 Å². The van der Waals surface area contributed by atoms with Crippen molar-refractivity contribution < 1.29 is 4.52 Å². The van der Waals surface area contributed by atoms with Gasteiger partial charge in [-0.05, 0) is 6.92 Å².